The molecule has 10 nitrogen and oxygen atoms in total. The Kier molecular flexibility index (Phi) is 6.75. The normalized spacial score (nSPS) is 18.3. The zero-order valence-electron chi connectivity index (χ0n) is 20.3. The molecule has 0 N–H and O–H groups in total. The Labute approximate surface area is 208 Å². The summed E-state index contributed by atoms with van der Waals surface area (Å²) in [7, 11) is 1.59. The molecule has 0 unspecified atom stereocenters. The number of amides is 2. The Morgan fingerprint density at radius 3 is 2.61 bits per heavy atom. The number of aromatic nitrogens is 2. The monoisotopic (exact) mass is 492 g/mol. The Bertz CT molecular complexity index is 1220. The highest BCUT2D eigenvalue weighted by Gasteiger charge is 2.40. The number of rotatable bonds is 7. The summed E-state index contributed by atoms with van der Waals surface area (Å²) in [5.74, 6) is 2.16. The number of para-hydroxylation sites is 1. The van der Waals surface area contributed by atoms with Crippen LogP contribution in [0.2, 0.25) is 0 Å². The summed E-state index contributed by atoms with van der Waals surface area (Å²) in [5, 5.41) is 4.15. The lowest BCUT2D eigenvalue weighted by Gasteiger charge is -2.31. The minimum absolute atomic E-state index is 0.0480. The van der Waals surface area contributed by atoms with Crippen molar-refractivity contribution in [3.63, 3.8) is 0 Å². The van der Waals surface area contributed by atoms with Crippen LogP contribution in [0.3, 0.4) is 0 Å². The van der Waals surface area contributed by atoms with Crippen molar-refractivity contribution in [1.29, 1.82) is 0 Å². The second-order valence-electron chi connectivity index (χ2n) is 8.67. The van der Waals surface area contributed by atoms with Crippen LogP contribution >= 0.6 is 0 Å². The summed E-state index contributed by atoms with van der Waals surface area (Å²) in [6, 6.07) is 14.7. The van der Waals surface area contributed by atoms with Crippen molar-refractivity contribution in [2.75, 3.05) is 38.3 Å². The molecular formula is C26H28N4O6. The first-order chi connectivity index (χ1) is 17.6. The van der Waals surface area contributed by atoms with Gasteiger partial charge in [0.15, 0.2) is 17.6 Å². The Balaban J connectivity index is 1.19. The molecule has 188 valence electrons. The topological polar surface area (TPSA) is 107 Å². The van der Waals surface area contributed by atoms with E-state index in [-0.39, 0.29) is 18.4 Å². The summed E-state index contributed by atoms with van der Waals surface area (Å²) in [5.41, 5.74) is 1.48. The van der Waals surface area contributed by atoms with Crippen LogP contribution in [-0.2, 0) is 9.53 Å². The highest BCUT2D eigenvalue weighted by atomic mass is 16.6. The molecule has 36 heavy (non-hydrogen) atoms. The van der Waals surface area contributed by atoms with Crippen LogP contribution in [0.5, 0.6) is 11.5 Å². The third kappa shape index (κ3) is 4.71. The molecule has 0 saturated carbocycles. The van der Waals surface area contributed by atoms with E-state index in [0.717, 1.165) is 5.56 Å². The van der Waals surface area contributed by atoms with E-state index in [1.54, 1.807) is 12.0 Å². The van der Waals surface area contributed by atoms with Crippen LogP contribution in [0, 0.1) is 0 Å². The van der Waals surface area contributed by atoms with Crippen LogP contribution < -0.4 is 14.4 Å². The minimum Gasteiger partial charge on any atom is -0.493 e. The zero-order valence-corrected chi connectivity index (χ0v) is 20.3. The first-order valence-electron chi connectivity index (χ1n) is 12.0. The van der Waals surface area contributed by atoms with Gasteiger partial charge in [-0.05, 0) is 50.1 Å². The Morgan fingerprint density at radius 1 is 1.11 bits per heavy atom. The van der Waals surface area contributed by atoms with Crippen LogP contribution in [0.1, 0.15) is 31.6 Å². The van der Waals surface area contributed by atoms with E-state index in [2.05, 4.69) is 10.1 Å². The molecule has 2 aromatic carbocycles. The smallest absolute Gasteiger partial charge is 0.415 e. The van der Waals surface area contributed by atoms with Crippen molar-refractivity contribution in [1.82, 2.24) is 15.0 Å². The molecule has 10 heteroatoms. The van der Waals surface area contributed by atoms with Gasteiger partial charge in [0.2, 0.25) is 11.7 Å². The maximum atomic E-state index is 13.0. The number of nitrogens with zero attached hydrogens (tertiary/aromatic N) is 4. The SMILES string of the molecule is CCOc1ccc(-c2noc(C3CCN(C(=O)[C@@H]4CN(c5ccccc5)C(=O)O4)CC3)n2)cc1OC. The average Bonchev–Trinajstić information content (AvgIpc) is 3.57. The number of anilines is 1. The van der Waals surface area contributed by atoms with E-state index in [9.17, 15) is 9.59 Å². The molecule has 0 aliphatic carbocycles. The fraction of sp³-hybridized carbons (Fsp3) is 0.385. The minimum atomic E-state index is -0.807. The quantitative estimate of drug-likeness (QED) is 0.489. The highest BCUT2D eigenvalue weighted by Crippen LogP contribution is 2.33. The molecule has 0 radical (unpaired) electrons. The Hall–Kier alpha value is -4.08. The summed E-state index contributed by atoms with van der Waals surface area (Å²) in [4.78, 5) is 33.2. The molecule has 2 amide bonds. The molecular weight excluding hydrogens is 464 g/mol. The van der Waals surface area contributed by atoms with Crippen LogP contribution in [-0.4, -0.2) is 66.5 Å². The molecule has 2 aliphatic rings. The van der Waals surface area contributed by atoms with Gasteiger partial charge >= 0.3 is 6.09 Å². The number of ether oxygens (including phenoxy) is 3. The maximum absolute atomic E-state index is 13.0. The summed E-state index contributed by atoms with van der Waals surface area (Å²) in [6.45, 7) is 3.71. The second-order valence-corrected chi connectivity index (χ2v) is 8.67. The van der Waals surface area contributed by atoms with Crippen molar-refractivity contribution >= 4 is 17.7 Å². The molecule has 2 saturated heterocycles. The summed E-state index contributed by atoms with van der Waals surface area (Å²) in [6.07, 6.45) is 0.0594. The average molecular weight is 493 g/mol. The van der Waals surface area contributed by atoms with E-state index < -0.39 is 12.2 Å². The number of carbonyl (C=O) groups is 2. The maximum Gasteiger partial charge on any atom is 0.415 e. The van der Waals surface area contributed by atoms with Crippen molar-refractivity contribution in [2.45, 2.75) is 31.8 Å². The number of hydrogen-bond acceptors (Lipinski definition) is 8. The molecule has 1 atom stereocenters. The predicted molar refractivity (Wildman–Crippen MR) is 130 cm³/mol. The van der Waals surface area contributed by atoms with E-state index in [1.165, 1.54) is 4.90 Å². The van der Waals surface area contributed by atoms with Gasteiger partial charge in [0.05, 0.1) is 20.3 Å². The number of cyclic esters (lactones) is 1. The van der Waals surface area contributed by atoms with Gasteiger partial charge in [-0.1, -0.05) is 23.4 Å². The number of likely N-dealkylation sites (tertiary alicyclic amines) is 1. The van der Waals surface area contributed by atoms with Crippen LogP contribution in [0.25, 0.3) is 11.4 Å². The number of carbonyl (C=O) groups excluding carboxylic acids is 2. The van der Waals surface area contributed by atoms with Crippen molar-refractivity contribution in [3.8, 4) is 22.9 Å². The van der Waals surface area contributed by atoms with Gasteiger partial charge in [0, 0.05) is 30.3 Å². The number of methoxy groups -OCH3 is 1. The van der Waals surface area contributed by atoms with E-state index in [4.69, 9.17) is 18.7 Å². The molecule has 0 spiro atoms. The van der Waals surface area contributed by atoms with E-state index in [0.29, 0.717) is 61.4 Å². The van der Waals surface area contributed by atoms with Crippen LogP contribution in [0.15, 0.2) is 53.1 Å². The van der Waals surface area contributed by atoms with Gasteiger partial charge in [-0.2, -0.15) is 4.98 Å². The van der Waals surface area contributed by atoms with Gasteiger partial charge < -0.3 is 23.6 Å². The lowest BCUT2D eigenvalue weighted by Crippen LogP contribution is -2.45. The van der Waals surface area contributed by atoms with Crippen molar-refractivity contribution < 1.29 is 28.3 Å². The van der Waals surface area contributed by atoms with Gasteiger partial charge in [0.1, 0.15) is 0 Å². The molecule has 3 aromatic rings. The summed E-state index contributed by atoms with van der Waals surface area (Å²) >= 11 is 0. The third-order valence-electron chi connectivity index (χ3n) is 6.47. The second kappa shape index (κ2) is 10.3. The first kappa shape index (κ1) is 23.7. The summed E-state index contributed by atoms with van der Waals surface area (Å²) < 4.78 is 21.9. The fourth-order valence-electron chi connectivity index (χ4n) is 4.56. The molecule has 5 rings (SSSR count). The van der Waals surface area contributed by atoms with Gasteiger partial charge in [-0.3, -0.25) is 9.69 Å². The lowest BCUT2D eigenvalue weighted by molar-refractivity contribution is -0.139. The van der Waals surface area contributed by atoms with Gasteiger partial charge in [-0.15, -0.1) is 0 Å². The standard InChI is InChI=1S/C26H28N4O6/c1-3-34-20-10-9-18(15-21(20)33-2)23-27-24(36-28-23)17-11-13-29(14-12-17)25(31)22-16-30(26(32)35-22)19-7-5-4-6-8-19/h4-10,15,17,22H,3,11-14,16H2,1-2H3/t22-/m0/s1. The molecule has 1 aromatic heterocycles. The van der Waals surface area contributed by atoms with E-state index >= 15 is 0 Å². The highest BCUT2D eigenvalue weighted by molar-refractivity contribution is 5.95. The van der Waals surface area contributed by atoms with Gasteiger partial charge in [0.25, 0.3) is 5.91 Å². The lowest BCUT2D eigenvalue weighted by atomic mass is 9.96. The number of hydrogen-bond donors (Lipinski definition) is 0. The first-order valence-corrected chi connectivity index (χ1v) is 12.0. The van der Waals surface area contributed by atoms with Crippen molar-refractivity contribution in [2.24, 2.45) is 0 Å². The Morgan fingerprint density at radius 2 is 1.89 bits per heavy atom. The number of piperidine rings is 1. The molecule has 2 fully saturated rings. The molecule has 2 aliphatic heterocycles. The van der Waals surface area contributed by atoms with Crippen LogP contribution in [0.4, 0.5) is 10.5 Å². The van der Waals surface area contributed by atoms with Crippen molar-refractivity contribution in [3.05, 3.63) is 54.4 Å². The van der Waals surface area contributed by atoms with Gasteiger partial charge in [-0.25, -0.2) is 4.79 Å². The zero-order chi connectivity index (χ0) is 25.1. The van der Waals surface area contributed by atoms with E-state index in [1.807, 2.05) is 55.5 Å². The number of benzene rings is 2. The molecule has 0 bridgehead atoms. The molecule has 3 heterocycles. The third-order valence-corrected chi connectivity index (χ3v) is 6.47. The predicted octanol–water partition coefficient (Wildman–Crippen LogP) is 3.88. The fourth-order valence-corrected chi connectivity index (χ4v) is 4.56. The largest absolute Gasteiger partial charge is 0.493 e.